The summed E-state index contributed by atoms with van der Waals surface area (Å²) in [7, 11) is 1.61. The summed E-state index contributed by atoms with van der Waals surface area (Å²) in [6, 6.07) is 0. The first-order valence-electron chi connectivity index (χ1n) is 2.84. The molecule has 5 N–H and O–H groups in total. The SMILES string of the molecule is COC1NCNC(N)N1. The summed E-state index contributed by atoms with van der Waals surface area (Å²) in [5.74, 6) is 0. The van der Waals surface area contributed by atoms with Crippen molar-refractivity contribution in [1.82, 2.24) is 16.0 Å². The molecule has 1 fully saturated rings. The zero-order valence-corrected chi connectivity index (χ0v) is 5.35. The van der Waals surface area contributed by atoms with E-state index in [1.165, 1.54) is 0 Å². The average Bonchev–Trinajstić information content (AvgIpc) is 1.88. The molecule has 9 heavy (non-hydrogen) atoms. The third kappa shape index (κ3) is 1.88. The molecule has 0 spiro atoms. The number of hydrogen-bond donors (Lipinski definition) is 4. The topological polar surface area (TPSA) is 71.3 Å². The Morgan fingerprint density at radius 2 is 2.33 bits per heavy atom. The molecule has 2 unspecified atom stereocenters. The van der Waals surface area contributed by atoms with Crippen molar-refractivity contribution in [1.29, 1.82) is 0 Å². The molecule has 2 atom stereocenters. The largest absolute Gasteiger partial charge is 0.353 e. The van der Waals surface area contributed by atoms with Crippen molar-refractivity contribution >= 4 is 0 Å². The van der Waals surface area contributed by atoms with Gasteiger partial charge in [-0.25, -0.2) is 0 Å². The molecule has 1 aliphatic heterocycles. The van der Waals surface area contributed by atoms with E-state index in [2.05, 4.69) is 16.0 Å². The predicted octanol–water partition coefficient (Wildman–Crippen LogP) is -2.10. The summed E-state index contributed by atoms with van der Waals surface area (Å²) in [5, 5.41) is 8.80. The summed E-state index contributed by atoms with van der Waals surface area (Å²) in [5.41, 5.74) is 5.46. The molecular weight excluding hydrogens is 120 g/mol. The Labute approximate surface area is 53.9 Å². The van der Waals surface area contributed by atoms with Gasteiger partial charge in [-0.3, -0.25) is 16.0 Å². The van der Waals surface area contributed by atoms with E-state index in [0.717, 1.165) is 0 Å². The molecule has 5 heteroatoms. The Kier molecular flexibility index (Phi) is 2.38. The highest BCUT2D eigenvalue weighted by molar-refractivity contribution is 4.64. The highest BCUT2D eigenvalue weighted by Crippen LogP contribution is 1.82. The van der Waals surface area contributed by atoms with Crippen LogP contribution in [0.1, 0.15) is 0 Å². The van der Waals surface area contributed by atoms with Crippen LogP contribution < -0.4 is 21.7 Å². The summed E-state index contributed by atoms with van der Waals surface area (Å²) in [6.45, 7) is 0.673. The van der Waals surface area contributed by atoms with Crippen molar-refractivity contribution < 1.29 is 4.74 Å². The molecule has 1 heterocycles. The molecule has 0 bridgehead atoms. The van der Waals surface area contributed by atoms with Crippen LogP contribution in [0.5, 0.6) is 0 Å². The van der Waals surface area contributed by atoms with Gasteiger partial charge in [-0.2, -0.15) is 0 Å². The first-order valence-corrected chi connectivity index (χ1v) is 2.84. The van der Waals surface area contributed by atoms with Crippen LogP contribution in [-0.4, -0.2) is 26.4 Å². The number of ether oxygens (including phenoxy) is 1. The monoisotopic (exact) mass is 132 g/mol. The van der Waals surface area contributed by atoms with Crippen molar-refractivity contribution in [3.05, 3.63) is 0 Å². The minimum Gasteiger partial charge on any atom is -0.353 e. The zero-order chi connectivity index (χ0) is 6.69. The maximum atomic E-state index is 5.46. The Hall–Kier alpha value is -0.200. The van der Waals surface area contributed by atoms with Crippen LogP contribution in [0, 0.1) is 0 Å². The van der Waals surface area contributed by atoms with Crippen molar-refractivity contribution in [2.45, 2.75) is 12.6 Å². The van der Waals surface area contributed by atoms with Crippen LogP contribution in [0.3, 0.4) is 0 Å². The van der Waals surface area contributed by atoms with Crippen molar-refractivity contribution in [3.63, 3.8) is 0 Å². The lowest BCUT2D eigenvalue weighted by Crippen LogP contribution is -2.65. The zero-order valence-electron chi connectivity index (χ0n) is 5.35. The van der Waals surface area contributed by atoms with Crippen LogP contribution in [-0.2, 0) is 4.74 Å². The van der Waals surface area contributed by atoms with Gasteiger partial charge in [-0.15, -0.1) is 0 Å². The standard InChI is InChI=1S/C4H12N4O/c1-9-4-7-2-6-3(5)8-4/h3-4,6-8H,2,5H2,1H3. The van der Waals surface area contributed by atoms with E-state index in [-0.39, 0.29) is 12.6 Å². The van der Waals surface area contributed by atoms with E-state index in [0.29, 0.717) is 6.67 Å². The van der Waals surface area contributed by atoms with Gasteiger partial charge in [0, 0.05) is 7.11 Å². The molecule has 5 nitrogen and oxygen atoms in total. The van der Waals surface area contributed by atoms with Gasteiger partial charge < -0.3 is 10.5 Å². The van der Waals surface area contributed by atoms with Gasteiger partial charge in [0.1, 0.15) is 6.29 Å². The Morgan fingerprint density at radius 1 is 1.56 bits per heavy atom. The van der Waals surface area contributed by atoms with Crippen LogP contribution in [0.25, 0.3) is 0 Å². The molecule has 0 radical (unpaired) electrons. The van der Waals surface area contributed by atoms with E-state index in [1.54, 1.807) is 7.11 Å². The molecule has 0 aromatic rings. The maximum Gasteiger partial charge on any atom is 0.166 e. The Balaban J connectivity index is 2.23. The molecule has 1 rings (SSSR count). The van der Waals surface area contributed by atoms with Crippen molar-refractivity contribution in [2.75, 3.05) is 13.8 Å². The minimum atomic E-state index is -0.170. The molecule has 1 saturated heterocycles. The molecule has 0 aromatic carbocycles. The van der Waals surface area contributed by atoms with Crippen LogP contribution in [0.4, 0.5) is 0 Å². The van der Waals surface area contributed by atoms with E-state index < -0.39 is 0 Å². The molecular formula is C4H12N4O. The third-order valence-corrected chi connectivity index (χ3v) is 1.18. The second-order valence-corrected chi connectivity index (χ2v) is 1.85. The van der Waals surface area contributed by atoms with Crippen LogP contribution >= 0.6 is 0 Å². The number of nitrogens with one attached hydrogen (secondary N) is 3. The van der Waals surface area contributed by atoms with Crippen molar-refractivity contribution in [2.24, 2.45) is 5.73 Å². The summed E-state index contributed by atoms with van der Waals surface area (Å²) >= 11 is 0. The van der Waals surface area contributed by atoms with Crippen molar-refractivity contribution in [3.8, 4) is 0 Å². The van der Waals surface area contributed by atoms with Gasteiger partial charge in [0.15, 0.2) is 6.35 Å². The second-order valence-electron chi connectivity index (χ2n) is 1.85. The summed E-state index contributed by atoms with van der Waals surface area (Å²) in [6.07, 6.45) is -0.294. The minimum absolute atomic E-state index is 0.124. The number of rotatable bonds is 1. The molecule has 0 amide bonds. The normalized spacial score (nSPS) is 36.7. The highest BCUT2D eigenvalue weighted by Gasteiger charge is 2.14. The third-order valence-electron chi connectivity index (χ3n) is 1.18. The van der Waals surface area contributed by atoms with Crippen LogP contribution in [0.15, 0.2) is 0 Å². The van der Waals surface area contributed by atoms with Gasteiger partial charge >= 0.3 is 0 Å². The first kappa shape index (κ1) is 6.91. The van der Waals surface area contributed by atoms with Gasteiger partial charge in [-0.05, 0) is 0 Å². The molecule has 54 valence electrons. The first-order chi connectivity index (χ1) is 4.33. The average molecular weight is 132 g/mol. The van der Waals surface area contributed by atoms with Gasteiger partial charge in [0.05, 0.1) is 6.67 Å². The maximum absolute atomic E-state index is 5.46. The van der Waals surface area contributed by atoms with E-state index in [1.807, 2.05) is 0 Å². The highest BCUT2D eigenvalue weighted by atomic mass is 16.5. The van der Waals surface area contributed by atoms with E-state index in [4.69, 9.17) is 10.5 Å². The second kappa shape index (κ2) is 3.09. The van der Waals surface area contributed by atoms with Gasteiger partial charge in [-0.1, -0.05) is 0 Å². The van der Waals surface area contributed by atoms with Gasteiger partial charge in [0.2, 0.25) is 0 Å². The Morgan fingerprint density at radius 3 is 2.78 bits per heavy atom. The lowest BCUT2D eigenvalue weighted by atomic mass is 10.6. The predicted molar refractivity (Wildman–Crippen MR) is 33.0 cm³/mol. The number of nitrogens with two attached hydrogens (primary N) is 1. The van der Waals surface area contributed by atoms with Gasteiger partial charge in [0.25, 0.3) is 0 Å². The fraction of sp³-hybridized carbons (Fsp3) is 1.00. The van der Waals surface area contributed by atoms with E-state index >= 15 is 0 Å². The fourth-order valence-electron chi connectivity index (χ4n) is 0.694. The van der Waals surface area contributed by atoms with Crippen LogP contribution in [0.2, 0.25) is 0 Å². The molecule has 0 aliphatic carbocycles. The molecule has 0 aromatic heterocycles. The summed E-state index contributed by atoms with van der Waals surface area (Å²) < 4.78 is 4.92. The fourth-order valence-corrected chi connectivity index (χ4v) is 0.694. The molecule has 1 aliphatic rings. The molecule has 0 saturated carbocycles. The summed E-state index contributed by atoms with van der Waals surface area (Å²) in [4.78, 5) is 0. The quantitative estimate of drug-likeness (QED) is 0.329. The lowest BCUT2D eigenvalue weighted by molar-refractivity contribution is 0.0109. The van der Waals surface area contributed by atoms with E-state index in [9.17, 15) is 0 Å². The number of methoxy groups -OCH3 is 1. The smallest absolute Gasteiger partial charge is 0.166 e. The Bertz CT molecular complexity index is 88.6. The number of hydrogen-bond acceptors (Lipinski definition) is 5. The lowest BCUT2D eigenvalue weighted by Gasteiger charge is -2.29.